The van der Waals surface area contributed by atoms with Crippen molar-refractivity contribution in [3.63, 3.8) is 0 Å². The molecule has 0 aliphatic heterocycles. The molecule has 1 rings (SSSR count). The minimum atomic E-state index is 0.132. The van der Waals surface area contributed by atoms with Crippen LogP contribution in [0.5, 0.6) is 0 Å². The van der Waals surface area contributed by atoms with E-state index in [1.165, 1.54) is 22.3 Å². The molecule has 0 aliphatic carbocycles. The molecule has 3 heteroatoms. The number of amides is 1. The van der Waals surface area contributed by atoms with Crippen LogP contribution in [0.4, 0.5) is 0 Å². The molecule has 0 aliphatic rings. The van der Waals surface area contributed by atoms with Gasteiger partial charge in [0.1, 0.15) is 0 Å². The second-order valence-electron chi connectivity index (χ2n) is 6.38. The first-order chi connectivity index (χ1) is 9.19. The van der Waals surface area contributed by atoms with Gasteiger partial charge in [0.05, 0.1) is 5.75 Å². The highest BCUT2D eigenvalue weighted by Crippen LogP contribution is 2.22. The van der Waals surface area contributed by atoms with E-state index in [0.29, 0.717) is 12.3 Å². The summed E-state index contributed by atoms with van der Waals surface area (Å²) >= 11 is 1.68. The summed E-state index contributed by atoms with van der Waals surface area (Å²) in [4.78, 5) is 11.8. The molecule has 1 aromatic rings. The highest BCUT2D eigenvalue weighted by molar-refractivity contribution is 8.01. The predicted molar refractivity (Wildman–Crippen MR) is 89.6 cm³/mol. The van der Waals surface area contributed by atoms with E-state index in [9.17, 15) is 4.79 Å². The molecule has 1 amide bonds. The van der Waals surface area contributed by atoms with Crippen LogP contribution in [0.1, 0.15) is 43.0 Å². The molecule has 0 bridgehead atoms. The highest BCUT2D eigenvalue weighted by atomic mass is 32.2. The molecular formula is C17H27NOS. The van der Waals surface area contributed by atoms with Crippen molar-refractivity contribution in [3.05, 3.63) is 34.4 Å². The molecule has 0 atom stereocenters. The van der Waals surface area contributed by atoms with Crippen molar-refractivity contribution in [3.8, 4) is 0 Å². The molecule has 0 unspecified atom stereocenters. The zero-order valence-corrected chi connectivity index (χ0v) is 14.4. The summed E-state index contributed by atoms with van der Waals surface area (Å²) in [5.41, 5.74) is 5.30. The normalized spacial score (nSPS) is 11.5. The first kappa shape index (κ1) is 17.1. The lowest BCUT2D eigenvalue weighted by Gasteiger charge is -2.17. The fourth-order valence-corrected chi connectivity index (χ4v) is 2.93. The van der Waals surface area contributed by atoms with Crippen molar-refractivity contribution < 1.29 is 4.79 Å². The van der Waals surface area contributed by atoms with Crippen molar-refractivity contribution >= 4 is 17.7 Å². The third-order valence-corrected chi connectivity index (χ3v) is 4.45. The fraction of sp³-hybridized carbons (Fsp3) is 0.588. The van der Waals surface area contributed by atoms with E-state index in [2.05, 4.69) is 59.0 Å². The molecule has 0 spiro atoms. The number of hydrogen-bond acceptors (Lipinski definition) is 2. The average Bonchev–Trinajstić information content (AvgIpc) is 2.29. The van der Waals surface area contributed by atoms with Crippen molar-refractivity contribution in [2.75, 3.05) is 12.3 Å². The number of nitrogens with one attached hydrogen (secondary N) is 1. The van der Waals surface area contributed by atoms with E-state index in [4.69, 9.17) is 0 Å². The van der Waals surface area contributed by atoms with Crippen LogP contribution in [-0.4, -0.2) is 23.0 Å². The average molecular weight is 293 g/mol. The van der Waals surface area contributed by atoms with Gasteiger partial charge in [0.25, 0.3) is 0 Å². The summed E-state index contributed by atoms with van der Waals surface area (Å²) in [5.74, 6) is 0.669. The lowest BCUT2D eigenvalue weighted by Crippen LogP contribution is -2.29. The molecule has 20 heavy (non-hydrogen) atoms. The number of benzene rings is 1. The lowest BCUT2D eigenvalue weighted by atomic mass is 9.97. The zero-order chi connectivity index (χ0) is 15.3. The Hall–Kier alpha value is -0.960. The minimum Gasteiger partial charge on any atom is -0.355 e. The Bertz CT molecular complexity index is 451. The molecule has 0 fully saturated rings. The fourth-order valence-electron chi connectivity index (χ4n) is 2.26. The Kier molecular flexibility index (Phi) is 6.12. The third kappa shape index (κ3) is 6.00. The van der Waals surface area contributed by atoms with E-state index in [-0.39, 0.29) is 10.7 Å². The number of thioether (sulfide) groups is 1. The molecule has 0 radical (unpaired) electrons. The van der Waals surface area contributed by atoms with Crippen LogP contribution in [0.2, 0.25) is 0 Å². The van der Waals surface area contributed by atoms with Crippen LogP contribution < -0.4 is 5.32 Å². The van der Waals surface area contributed by atoms with Crippen molar-refractivity contribution in [1.82, 2.24) is 5.32 Å². The lowest BCUT2D eigenvalue weighted by molar-refractivity contribution is -0.118. The van der Waals surface area contributed by atoms with Crippen molar-refractivity contribution in [2.24, 2.45) is 0 Å². The van der Waals surface area contributed by atoms with Crippen LogP contribution in [0.25, 0.3) is 0 Å². The van der Waals surface area contributed by atoms with Gasteiger partial charge in [-0.1, -0.05) is 38.5 Å². The summed E-state index contributed by atoms with van der Waals surface area (Å²) in [6, 6.07) is 4.42. The maximum atomic E-state index is 11.8. The summed E-state index contributed by atoms with van der Waals surface area (Å²) < 4.78 is 0.140. The maximum Gasteiger partial charge on any atom is 0.230 e. The van der Waals surface area contributed by atoms with Crippen LogP contribution in [0.15, 0.2) is 12.1 Å². The Labute approximate surface area is 127 Å². The molecule has 2 nitrogen and oxygen atoms in total. The van der Waals surface area contributed by atoms with Crippen molar-refractivity contribution in [1.29, 1.82) is 0 Å². The first-order valence-electron chi connectivity index (χ1n) is 7.16. The summed E-state index contributed by atoms with van der Waals surface area (Å²) in [6.45, 7) is 13.5. The topological polar surface area (TPSA) is 29.1 Å². The zero-order valence-electron chi connectivity index (χ0n) is 13.6. The number of aryl methyl sites for hydroxylation is 3. The van der Waals surface area contributed by atoms with Crippen LogP contribution in [-0.2, 0) is 11.2 Å². The van der Waals surface area contributed by atoms with E-state index in [1.807, 2.05) is 0 Å². The summed E-state index contributed by atoms with van der Waals surface area (Å²) in [7, 11) is 0. The van der Waals surface area contributed by atoms with E-state index in [0.717, 1.165) is 6.42 Å². The Morgan fingerprint density at radius 3 is 2.20 bits per heavy atom. The quantitative estimate of drug-likeness (QED) is 0.894. The second kappa shape index (κ2) is 7.16. The Morgan fingerprint density at radius 2 is 1.70 bits per heavy atom. The summed E-state index contributed by atoms with van der Waals surface area (Å²) in [5, 5.41) is 3.01. The smallest absolute Gasteiger partial charge is 0.230 e. The molecule has 0 saturated carbocycles. The number of carbonyl (C=O) groups is 1. The van der Waals surface area contributed by atoms with Crippen molar-refractivity contribution in [2.45, 2.75) is 52.7 Å². The molecule has 112 valence electrons. The van der Waals surface area contributed by atoms with Crippen LogP contribution >= 0.6 is 11.8 Å². The molecule has 0 saturated heterocycles. The second-order valence-corrected chi connectivity index (χ2v) is 8.18. The van der Waals surface area contributed by atoms with E-state index in [1.54, 1.807) is 11.8 Å². The monoisotopic (exact) mass is 293 g/mol. The third-order valence-electron chi connectivity index (χ3n) is 3.17. The Morgan fingerprint density at radius 1 is 1.15 bits per heavy atom. The van der Waals surface area contributed by atoms with Gasteiger partial charge in [0.2, 0.25) is 5.91 Å². The SMILES string of the molecule is Cc1cc(C)c(CCNC(=O)CSC(C)(C)C)c(C)c1. The van der Waals surface area contributed by atoms with Gasteiger partial charge >= 0.3 is 0 Å². The number of hydrogen-bond donors (Lipinski definition) is 1. The Balaban J connectivity index is 2.43. The largest absolute Gasteiger partial charge is 0.355 e. The van der Waals surface area contributed by atoms with Gasteiger partial charge in [-0.15, -0.1) is 11.8 Å². The van der Waals surface area contributed by atoms with Gasteiger partial charge < -0.3 is 5.32 Å². The molecule has 0 aromatic heterocycles. The molecular weight excluding hydrogens is 266 g/mol. The van der Waals surface area contributed by atoms with Gasteiger partial charge in [-0.3, -0.25) is 4.79 Å². The standard InChI is InChI=1S/C17H27NOS/c1-12-9-13(2)15(14(3)10-12)7-8-18-16(19)11-20-17(4,5)6/h9-10H,7-8,11H2,1-6H3,(H,18,19). The van der Waals surface area contributed by atoms with E-state index >= 15 is 0 Å². The van der Waals surface area contributed by atoms with E-state index < -0.39 is 0 Å². The maximum absolute atomic E-state index is 11.8. The highest BCUT2D eigenvalue weighted by Gasteiger charge is 2.13. The number of carbonyl (C=O) groups excluding carboxylic acids is 1. The van der Waals surface area contributed by atoms with Crippen LogP contribution in [0.3, 0.4) is 0 Å². The van der Waals surface area contributed by atoms with Gasteiger partial charge in [0.15, 0.2) is 0 Å². The van der Waals surface area contributed by atoms with Crippen LogP contribution in [0, 0.1) is 20.8 Å². The molecule has 0 heterocycles. The molecule has 1 N–H and O–H groups in total. The van der Waals surface area contributed by atoms with Gasteiger partial charge in [0, 0.05) is 11.3 Å². The summed E-state index contributed by atoms with van der Waals surface area (Å²) in [6.07, 6.45) is 0.907. The van der Waals surface area contributed by atoms with Gasteiger partial charge in [-0.2, -0.15) is 0 Å². The first-order valence-corrected chi connectivity index (χ1v) is 8.15. The predicted octanol–water partition coefficient (Wildman–Crippen LogP) is 3.80. The minimum absolute atomic E-state index is 0.132. The molecule has 1 aromatic carbocycles. The van der Waals surface area contributed by atoms with Gasteiger partial charge in [-0.25, -0.2) is 0 Å². The number of rotatable bonds is 5. The van der Waals surface area contributed by atoms with Gasteiger partial charge in [-0.05, 0) is 43.9 Å².